The van der Waals surface area contributed by atoms with Crippen molar-refractivity contribution < 1.29 is 19.0 Å². The summed E-state index contributed by atoms with van der Waals surface area (Å²) in [5.74, 6) is -0.717. The third-order valence-corrected chi connectivity index (χ3v) is 2.39. The number of carbonyl (C=O) groups excluding carboxylic acids is 1. The molecule has 2 heterocycles. The molecule has 0 saturated carbocycles. The van der Waals surface area contributed by atoms with Gasteiger partial charge in [-0.25, -0.2) is 9.78 Å². The number of rotatable bonds is 5. The van der Waals surface area contributed by atoms with Gasteiger partial charge in [0.05, 0.1) is 18.6 Å². The van der Waals surface area contributed by atoms with E-state index in [1.807, 2.05) is 0 Å². The maximum absolute atomic E-state index is 11.4. The molecule has 0 aromatic carbocycles. The molecule has 0 saturated heterocycles. The zero-order chi connectivity index (χ0) is 14.5. The molecule has 0 bridgehead atoms. The number of hydrogen-bond donors (Lipinski definition) is 1. The monoisotopic (exact) mass is 278 g/mol. The Balaban J connectivity index is 2.26. The van der Waals surface area contributed by atoms with Gasteiger partial charge in [-0.05, 0) is 6.07 Å². The first kappa shape index (κ1) is 13.5. The van der Waals surface area contributed by atoms with Gasteiger partial charge >= 0.3 is 11.7 Å². The van der Waals surface area contributed by atoms with Crippen LogP contribution in [0.4, 0.5) is 11.5 Å². The highest BCUT2D eigenvalue weighted by atomic mass is 16.6. The van der Waals surface area contributed by atoms with E-state index in [1.165, 1.54) is 25.5 Å². The summed E-state index contributed by atoms with van der Waals surface area (Å²) >= 11 is 0. The first-order valence-corrected chi connectivity index (χ1v) is 5.48. The molecule has 9 nitrogen and oxygen atoms in total. The molecule has 0 amide bonds. The molecule has 2 rings (SSSR count). The van der Waals surface area contributed by atoms with Gasteiger partial charge < -0.3 is 14.6 Å². The fourth-order valence-corrected chi connectivity index (χ4v) is 1.45. The van der Waals surface area contributed by atoms with Crippen LogP contribution in [0.5, 0.6) is 0 Å². The number of nitrogens with one attached hydrogen (secondary N) is 1. The molecule has 1 N–H and O–H groups in total. The molecule has 0 unspecified atom stereocenters. The second kappa shape index (κ2) is 5.78. The van der Waals surface area contributed by atoms with E-state index < -0.39 is 10.9 Å². The van der Waals surface area contributed by atoms with Gasteiger partial charge in [-0.2, -0.15) is 0 Å². The number of methoxy groups -OCH3 is 1. The van der Waals surface area contributed by atoms with E-state index in [2.05, 4.69) is 24.7 Å². The maximum atomic E-state index is 11.4. The Labute approximate surface area is 112 Å². The predicted molar refractivity (Wildman–Crippen MR) is 66.1 cm³/mol. The van der Waals surface area contributed by atoms with Crippen molar-refractivity contribution in [3.05, 3.63) is 46.0 Å². The highest BCUT2D eigenvalue weighted by Crippen LogP contribution is 2.22. The SMILES string of the molecule is COC(=O)c1ccc([N+](=O)[O-])c(NCc2ccon2)n1. The Hall–Kier alpha value is -2.97. The minimum Gasteiger partial charge on any atom is -0.464 e. The molecule has 0 fully saturated rings. The Bertz CT molecular complexity index is 626. The highest BCUT2D eigenvalue weighted by Gasteiger charge is 2.19. The summed E-state index contributed by atoms with van der Waals surface area (Å²) in [7, 11) is 1.20. The van der Waals surface area contributed by atoms with Crippen LogP contribution in [0.2, 0.25) is 0 Å². The van der Waals surface area contributed by atoms with Crippen molar-refractivity contribution in [2.75, 3.05) is 12.4 Å². The first-order valence-electron chi connectivity index (χ1n) is 5.48. The fraction of sp³-hybridized carbons (Fsp3) is 0.182. The third kappa shape index (κ3) is 2.88. The molecule has 0 atom stereocenters. The number of hydrogen-bond acceptors (Lipinski definition) is 8. The molecule has 20 heavy (non-hydrogen) atoms. The normalized spacial score (nSPS) is 10.1. The van der Waals surface area contributed by atoms with Crippen molar-refractivity contribution >= 4 is 17.5 Å². The fourth-order valence-electron chi connectivity index (χ4n) is 1.45. The van der Waals surface area contributed by atoms with Gasteiger partial charge in [0.2, 0.25) is 5.82 Å². The van der Waals surface area contributed by atoms with Crippen molar-refractivity contribution in [3.63, 3.8) is 0 Å². The average molecular weight is 278 g/mol. The maximum Gasteiger partial charge on any atom is 0.356 e. The lowest BCUT2D eigenvalue weighted by Crippen LogP contribution is -2.10. The summed E-state index contributed by atoms with van der Waals surface area (Å²) in [5, 5.41) is 17.3. The van der Waals surface area contributed by atoms with Crippen LogP contribution >= 0.6 is 0 Å². The van der Waals surface area contributed by atoms with Crippen LogP contribution < -0.4 is 5.32 Å². The van der Waals surface area contributed by atoms with Gasteiger partial charge in [0.1, 0.15) is 12.0 Å². The van der Waals surface area contributed by atoms with Crippen LogP contribution in [0.15, 0.2) is 29.0 Å². The topological polar surface area (TPSA) is 120 Å². The van der Waals surface area contributed by atoms with Crippen molar-refractivity contribution in [2.24, 2.45) is 0 Å². The molecular formula is C11H10N4O5. The minimum absolute atomic E-state index is 0.0271. The third-order valence-electron chi connectivity index (χ3n) is 2.39. The standard InChI is InChI=1S/C11H10N4O5/c1-19-11(16)8-2-3-9(15(17)18)10(13-8)12-6-7-4-5-20-14-7/h2-5H,6H2,1H3,(H,12,13). The zero-order valence-corrected chi connectivity index (χ0v) is 10.4. The molecule has 0 radical (unpaired) electrons. The number of aromatic nitrogens is 2. The van der Waals surface area contributed by atoms with Gasteiger partial charge in [0.15, 0.2) is 5.69 Å². The minimum atomic E-state index is -0.676. The van der Waals surface area contributed by atoms with Crippen molar-refractivity contribution in [1.29, 1.82) is 0 Å². The molecule has 104 valence electrons. The van der Waals surface area contributed by atoms with E-state index in [4.69, 9.17) is 0 Å². The smallest absolute Gasteiger partial charge is 0.356 e. The number of pyridine rings is 1. The van der Waals surface area contributed by atoms with Crippen LogP contribution in [0.3, 0.4) is 0 Å². The van der Waals surface area contributed by atoms with Gasteiger partial charge in [-0.1, -0.05) is 5.16 Å². The zero-order valence-electron chi connectivity index (χ0n) is 10.4. The number of nitrogens with zero attached hydrogens (tertiary/aromatic N) is 3. The number of carbonyl (C=O) groups is 1. The molecule has 2 aromatic rings. The Kier molecular flexibility index (Phi) is 3.89. The van der Waals surface area contributed by atoms with Crippen molar-refractivity contribution in [3.8, 4) is 0 Å². The molecule has 0 spiro atoms. The number of nitro groups is 1. The molecule has 0 aliphatic carbocycles. The summed E-state index contributed by atoms with van der Waals surface area (Å²) in [4.78, 5) is 25.6. The van der Waals surface area contributed by atoms with Crippen LogP contribution in [0.25, 0.3) is 0 Å². The van der Waals surface area contributed by atoms with Gasteiger partial charge in [-0.15, -0.1) is 0 Å². The van der Waals surface area contributed by atoms with Crippen LogP contribution in [-0.4, -0.2) is 28.1 Å². The van der Waals surface area contributed by atoms with Gasteiger partial charge in [0.25, 0.3) is 0 Å². The number of anilines is 1. The Morgan fingerprint density at radius 2 is 2.30 bits per heavy atom. The molecule has 0 aliphatic heterocycles. The van der Waals surface area contributed by atoms with Gasteiger partial charge in [0, 0.05) is 12.1 Å². The lowest BCUT2D eigenvalue weighted by Gasteiger charge is -2.06. The molecule has 9 heteroatoms. The molecular weight excluding hydrogens is 268 g/mol. The second-order valence-electron chi connectivity index (χ2n) is 3.66. The van der Waals surface area contributed by atoms with Crippen molar-refractivity contribution in [2.45, 2.75) is 6.54 Å². The van der Waals surface area contributed by atoms with E-state index in [0.717, 1.165) is 0 Å². The Morgan fingerprint density at radius 3 is 2.90 bits per heavy atom. The Morgan fingerprint density at radius 1 is 1.50 bits per heavy atom. The van der Waals surface area contributed by atoms with E-state index >= 15 is 0 Å². The molecule has 2 aromatic heterocycles. The number of esters is 1. The summed E-state index contributed by atoms with van der Waals surface area (Å²) in [5.41, 5.74) is 0.270. The summed E-state index contributed by atoms with van der Waals surface area (Å²) < 4.78 is 9.16. The van der Waals surface area contributed by atoms with Crippen LogP contribution in [-0.2, 0) is 11.3 Å². The van der Waals surface area contributed by atoms with Crippen LogP contribution in [0, 0.1) is 10.1 Å². The van der Waals surface area contributed by atoms with Gasteiger partial charge in [-0.3, -0.25) is 10.1 Å². The highest BCUT2D eigenvalue weighted by molar-refractivity contribution is 5.88. The summed E-state index contributed by atoms with van der Waals surface area (Å²) in [6, 6.07) is 4.01. The van der Waals surface area contributed by atoms with Crippen LogP contribution in [0.1, 0.15) is 16.2 Å². The van der Waals surface area contributed by atoms with Crippen molar-refractivity contribution in [1.82, 2.24) is 10.1 Å². The lowest BCUT2D eigenvalue weighted by molar-refractivity contribution is -0.384. The predicted octanol–water partition coefficient (Wildman–Crippen LogP) is 1.38. The summed E-state index contributed by atoms with van der Waals surface area (Å²) in [6.45, 7) is 0.176. The van der Waals surface area contributed by atoms with E-state index in [9.17, 15) is 14.9 Å². The lowest BCUT2D eigenvalue weighted by atomic mass is 10.3. The van der Waals surface area contributed by atoms with E-state index in [-0.39, 0.29) is 23.7 Å². The second-order valence-corrected chi connectivity index (χ2v) is 3.66. The average Bonchev–Trinajstić information content (AvgIpc) is 2.97. The van der Waals surface area contributed by atoms with E-state index in [1.54, 1.807) is 6.07 Å². The number of ether oxygens (including phenoxy) is 1. The quantitative estimate of drug-likeness (QED) is 0.494. The van der Waals surface area contributed by atoms with E-state index in [0.29, 0.717) is 5.69 Å². The molecule has 0 aliphatic rings. The summed E-state index contributed by atoms with van der Waals surface area (Å²) in [6.07, 6.45) is 1.38. The first-order chi connectivity index (χ1) is 9.61. The largest absolute Gasteiger partial charge is 0.464 e.